The van der Waals surface area contributed by atoms with Crippen LogP contribution in [0.15, 0.2) is 79.0 Å². The maximum Gasteiger partial charge on any atom is 0.435 e. The lowest BCUT2D eigenvalue weighted by Crippen LogP contribution is -2.25. The van der Waals surface area contributed by atoms with Gasteiger partial charge in [0.1, 0.15) is 17.3 Å². The van der Waals surface area contributed by atoms with Crippen LogP contribution < -0.4 is 16.8 Å². The number of benzene rings is 3. The third kappa shape index (κ3) is 6.21. The molecule has 0 aliphatic heterocycles. The number of amides is 1. The molecular formula is C33H27F4N7O. The number of pyridine rings is 1. The Morgan fingerprint density at radius 2 is 1.78 bits per heavy atom. The average Bonchev–Trinajstić information content (AvgIpc) is 3.78. The number of halogens is 4. The van der Waals surface area contributed by atoms with Crippen LogP contribution in [0.5, 0.6) is 0 Å². The van der Waals surface area contributed by atoms with E-state index < -0.39 is 29.3 Å². The summed E-state index contributed by atoms with van der Waals surface area (Å²) in [5.74, 6) is -1.53. The van der Waals surface area contributed by atoms with Crippen molar-refractivity contribution in [2.75, 3.05) is 11.1 Å². The lowest BCUT2D eigenvalue weighted by Gasteiger charge is -2.23. The van der Waals surface area contributed by atoms with Gasteiger partial charge in [0.05, 0.1) is 23.0 Å². The Balaban J connectivity index is 1.36. The van der Waals surface area contributed by atoms with E-state index in [0.717, 1.165) is 23.1 Å². The lowest BCUT2D eigenvalue weighted by molar-refractivity contribution is -0.141. The summed E-state index contributed by atoms with van der Waals surface area (Å²) in [5.41, 5.74) is 12.6. The van der Waals surface area contributed by atoms with Gasteiger partial charge in [-0.05, 0) is 84.2 Å². The predicted molar refractivity (Wildman–Crippen MR) is 161 cm³/mol. The molecule has 3 aromatic carbocycles. The topological polar surface area (TPSA) is 136 Å². The Bertz CT molecular complexity index is 1940. The van der Waals surface area contributed by atoms with Gasteiger partial charge in [-0.15, -0.1) is 0 Å². The first kappa shape index (κ1) is 29.8. The standard InChI is InChI=1S/C33H27F4N7O/c34-26-10-8-22(24(15-27(39)21-5-6-21)19-3-1-18(17-38)2-4-19)13-28(26)42-32(45)29-16-30(33(35,36)37)43-44(29)23-9-7-20-11-12-41-31(40)25(20)14-23/h1-4,7-14,16,21,24,27H,5-6,15,39H2,(H2,40,41)(H,42,45)/t24?,27-/m0/s1. The molecule has 0 bridgehead atoms. The molecule has 1 saturated carbocycles. The van der Waals surface area contributed by atoms with E-state index in [2.05, 4.69) is 21.5 Å². The molecule has 0 spiro atoms. The normalized spacial score (nSPS) is 14.6. The summed E-state index contributed by atoms with van der Waals surface area (Å²) in [4.78, 5) is 17.6. The van der Waals surface area contributed by atoms with Gasteiger partial charge in [0.2, 0.25) is 0 Å². The molecule has 1 aliphatic carbocycles. The maximum absolute atomic E-state index is 15.1. The van der Waals surface area contributed by atoms with Crippen LogP contribution >= 0.6 is 0 Å². The van der Waals surface area contributed by atoms with Gasteiger partial charge in [-0.25, -0.2) is 14.1 Å². The summed E-state index contributed by atoms with van der Waals surface area (Å²) in [7, 11) is 0. The van der Waals surface area contributed by atoms with Crippen molar-refractivity contribution in [2.24, 2.45) is 11.7 Å². The predicted octanol–water partition coefficient (Wildman–Crippen LogP) is 6.54. The highest BCUT2D eigenvalue weighted by Gasteiger charge is 2.36. The number of rotatable bonds is 8. The number of nitriles is 1. The van der Waals surface area contributed by atoms with Gasteiger partial charge in [-0.3, -0.25) is 4.79 Å². The third-order valence-electron chi connectivity index (χ3n) is 8.08. The van der Waals surface area contributed by atoms with Gasteiger partial charge in [-0.1, -0.05) is 24.3 Å². The molecule has 1 unspecified atom stereocenters. The molecule has 6 rings (SSSR count). The van der Waals surface area contributed by atoms with E-state index in [4.69, 9.17) is 11.5 Å². The fourth-order valence-electron chi connectivity index (χ4n) is 5.47. The zero-order valence-electron chi connectivity index (χ0n) is 23.7. The highest BCUT2D eigenvalue weighted by molar-refractivity contribution is 6.04. The van der Waals surface area contributed by atoms with Crippen molar-refractivity contribution in [1.29, 1.82) is 5.26 Å². The molecule has 1 aliphatic rings. The van der Waals surface area contributed by atoms with Gasteiger partial charge in [-0.2, -0.15) is 23.5 Å². The first-order valence-electron chi connectivity index (χ1n) is 14.2. The minimum absolute atomic E-state index is 0.116. The molecule has 1 amide bonds. The number of fused-ring (bicyclic) bond motifs is 1. The van der Waals surface area contributed by atoms with Crippen molar-refractivity contribution in [3.05, 3.63) is 113 Å². The second-order valence-electron chi connectivity index (χ2n) is 11.1. The van der Waals surface area contributed by atoms with Crippen LogP contribution in [0.25, 0.3) is 16.5 Å². The summed E-state index contributed by atoms with van der Waals surface area (Å²) in [6.07, 6.45) is -0.755. The van der Waals surface area contributed by atoms with Crippen LogP contribution in [0, 0.1) is 23.1 Å². The number of nitrogens with one attached hydrogen (secondary N) is 1. The number of nitrogens with two attached hydrogens (primary N) is 2. The minimum Gasteiger partial charge on any atom is -0.383 e. The fourth-order valence-corrected chi connectivity index (χ4v) is 5.47. The molecule has 5 N–H and O–H groups in total. The van der Waals surface area contributed by atoms with E-state index in [-0.39, 0.29) is 29.2 Å². The molecule has 5 aromatic rings. The highest BCUT2D eigenvalue weighted by Crippen LogP contribution is 2.39. The van der Waals surface area contributed by atoms with Crippen LogP contribution in [-0.4, -0.2) is 26.7 Å². The van der Waals surface area contributed by atoms with E-state index >= 15 is 4.39 Å². The Labute approximate surface area is 255 Å². The minimum atomic E-state index is -4.85. The SMILES string of the molecule is N#Cc1ccc(C(C[C@H](N)C2CC2)c2ccc(F)c(NC(=O)c3cc(C(F)(F)F)nn3-c3ccc4ccnc(N)c4c3)c2)cc1. The van der Waals surface area contributed by atoms with E-state index in [1.807, 2.05) is 12.1 Å². The molecular weight excluding hydrogens is 586 g/mol. The first-order chi connectivity index (χ1) is 21.5. The van der Waals surface area contributed by atoms with Crippen LogP contribution in [-0.2, 0) is 6.18 Å². The van der Waals surface area contributed by atoms with Crippen molar-refractivity contribution in [3.63, 3.8) is 0 Å². The number of nitrogens with zero attached hydrogens (tertiary/aromatic N) is 4. The van der Waals surface area contributed by atoms with Crippen molar-refractivity contribution < 1.29 is 22.4 Å². The molecule has 1 fully saturated rings. The molecule has 2 atom stereocenters. The quantitative estimate of drug-likeness (QED) is 0.170. The molecule has 8 nitrogen and oxygen atoms in total. The summed E-state index contributed by atoms with van der Waals surface area (Å²) in [5, 5.41) is 16.5. The van der Waals surface area contributed by atoms with E-state index in [9.17, 15) is 23.2 Å². The molecule has 12 heteroatoms. The van der Waals surface area contributed by atoms with Gasteiger partial charge in [0, 0.05) is 29.6 Å². The first-order valence-corrected chi connectivity index (χ1v) is 14.2. The molecule has 45 heavy (non-hydrogen) atoms. The number of carbonyl (C=O) groups excluding carboxylic acids is 1. The van der Waals surface area contributed by atoms with E-state index in [0.29, 0.717) is 40.3 Å². The number of anilines is 2. The number of aromatic nitrogens is 3. The smallest absolute Gasteiger partial charge is 0.383 e. The van der Waals surface area contributed by atoms with Crippen LogP contribution in [0.1, 0.15) is 58.1 Å². The molecule has 228 valence electrons. The zero-order chi connectivity index (χ0) is 31.9. The van der Waals surface area contributed by atoms with Crippen LogP contribution in [0.3, 0.4) is 0 Å². The highest BCUT2D eigenvalue weighted by atomic mass is 19.4. The second kappa shape index (κ2) is 11.7. The van der Waals surface area contributed by atoms with Crippen molar-refractivity contribution in [2.45, 2.75) is 37.4 Å². The summed E-state index contributed by atoms with van der Waals surface area (Å²) in [6.45, 7) is 0. The van der Waals surface area contributed by atoms with E-state index in [1.165, 1.54) is 30.5 Å². The molecule has 0 radical (unpaired) electrons. The number of hydrogen-bond donors (Lipinski definition) is 3. The summed E-state index contributed by atoms with van der Waals surface area (Å²) in [6, 6.07) is 20.1. The Hall–Kier alpha value is -5.28. The second-order valence-corrected chi connectivity index (χ2v) is 11.1. The number of hydrogen-bond acceptors (Lipinski definition) is 6. The lowest BCUT2D eigenvalue weighted by atomic mass is 9.84. The average molecular weight is 614 g/mol. The van der Waals surface area contributed by atoms with Crippen molar-refractivity contribution >= 4 is 28.2 Å². The summed E-state index contributed by atoms with van der Waals surface area (Å²) >= 11 is 0. The fraction of sp³-hybridized carbons (Fsp3) is 0.212. The maximum atomic E-state index is 15.1. The van der Waals surface area contributed by atoms with Gasteiger partial charge in [0.15, 0.2) is 5.69 Å². The molecule has 2 heterocycles. The zero-order valence-corrected chi connectivity index (χ0v) is 23.7. The van der Waals surface area contributed by atoms with E-state index in [1.54, 1.807) is 30.3 Å². The van der Waals surface area contributed by atoms with Gasteiger partial charge >= 0.3 is 6.18 Å². The van der Waals surface area contributed by atoms with Gasteiger partial charge in [0.25, 0.3) is 5.91 Å². The van der Waals surface area contributed by atoms with Crippen molar-refractivity contribution in [1.82, 2.24) is 14.8 Å². The monoisotopic (exact) mass is 613 g/mol. The van der Waals surface area contributed by atoms with Crippen LogP contribution in [0.2, 0.25) is 0 Å². The van der Waals surface area contributed by atoms with Crippen molar-refractivity contribution in [3.8, 4) is 11.8 Å². The molecule has 2 aromatic heterocycles. The largest absolute Gasteiger partial charge is 0.435 e. The Kier molecular flexibility index (Phi) is 7.72. The Morgan fingerprint density at radius 1 is 1.04 bits per heavy atom. The summed E-state index contributed by atoms with van der Waals surface area (Å²) < 4.78 is 57.3. The number of carbonyl (C=O) groups is 1. The Morgan fingerprint density at radius 3 is 2.47 bits per heavy atom. The third-order valence-corrected chi connectivity index (χ3v) is 8.08. The number of alkyl halides is 3. The number of nitrogen functional groups attached to an aromatic ring is 1. The van der Waals surface area contributed by atoms with Crippen LogP contribution in [0.4, 0.5) is 29.1 Å². The van der Waals surface area contributed by atoms with Gasteiger partial charge < -0.3 is 16.8 Å². The molecule has 0 saturated heterocycles.